The number of carbonyl (C=O) groups is 2. The van der Waals surface area contributed by atoms with Gasteiger partial charge in [-0.15, -0.1) is 0 Å². The highest BCUT2D eigenvalue weighted by Crippen LogP contribution is 2.46. The third-order valence-corrected chi connectivity index (χ3v) is 6.37. The van der Waals surface area contributed by atoms with E-state index in [4.69, 9.17) is 0 Å². The number of anilines is 1. The van der Waals surface area contributed by atoms with E-state index in [1.165, 1.54) is 0 Å². The van der Waals surface area contributed by atoms with Crippen molar-refractivity contribution in [2.45, 2.75) is 46.5 Å². The van der Waals surface area contributed by atoms with Crippen LogP contribution in [-0.2, 0) is 9.59 Å². The average Bonchev–Trinajstić information content (AvgIpc) is 2.66. The molecule has 5 nitrogen and oxygen atoms in total. The zero-order chi connectivity index (χ0) is 22.3. The molecule has 4 rings (SSSR count). The van der Waals surface area contributed by atoms with Gasteiger partial charge in [0.1, 0.15) is 5.82 Å². The zero-order valence-corrected chi connectivity index (χ0v) is 19.8. The molecule has 6 heteroatoms. The molecule has 2 aromatic rings. The van der Waals surface area contributed by atoms with Crippen LogP contribution in [0.5, 0.6) is 0 Å². The summed E-state index contributed by atoms with van der Waals surface area (Å²) in [7, 11) is 0. The predicted octanol–water partition coefficient (Wildman–Crippen LogP) is 5.40. The first kappa shape index (κ1) is 21.5. The molecule has 31 heavy (non-hydrogen) atoms. The lowest BCUT2D eigenvalue weighted by Crippen LogP contribution is -2.39. The van der Waals surface area contributed by atoms with Crippen LogP contribution < -0.4 is 10.6 Å². The van der Waals surface area contributed by atoms with Crippen molar-refractivity contribution in [3.8, 4) is 0 Å². The number of Topliss-reactive ketones (excluding diaryl/α,β-unsaturated/α-hetero) is 1. The summed E-state index contributed by atoms with van der Waals surface area (Å²) in [4.78, 5) is 31.0. The van der Waals surface area contributed by atoms with Gasteiger partial charge in [0.25, 0.3) is 5.91 Å². The summed E-state index contributed by atoms with van der Waals surface area (Å²) in [5, 5.41) is 6.32. The van der Waals surface area contributed by atoms with Crippen LogP contribution in [0.1, 0.15) is 50.7 Å². The minimum Gasteiger partial charge on any atom is -0.362 e. The topological polar surface area (TPSA) is 71.1 Å². The predicted molar refractivity (Wildman–Crippen MR) is 125 cm³/mol. The number of benzene rings is 1. The number of dihydropyridines is 1. The van der Waals surface area contributed by atoms with Crippen LogP contribution in [-0.4, -0.2) is 16.7 Å². The number of ketones is 1. The monoisotopic (exact) mass is 479 g/mol. The molecule has 1 aromatic carbocycles. The number of nitrogens with one attached hydrogen (secondary N) is 2. The first-order valence-corrected chi connectivity index (χ1v) is 11.2. The van der Waals surface area contributed by atoms with Gasteiger partial charge in [-0.25, -0.2) is 4.98 Å². The largest absolute Gasteiger partial charge is 0.362 e. The quantitative estimate of drug-likeness (QED) is 0.618. The molecular weight excluding hydrogens is 454 g/mol. The van der Waals surface area contributed by atoms with E-state index >= 15 is 0 Å². The van der Waals surface area contributed by atoms with E-state index in [-0.39, 0.29) is 17.1 Å². The van der Waals surface area contributed by atoms with Crippen molar-refractivity contribution in [3.05, 3.63) is 80.7 Å². The fourth-order valence-corrected chi connectivity index (χ4v) is 4.78. The average molecular weight is 480 g/mol. The van der Waals surface area contributed by atoms with Crippen LogP contribution in [0, 0.1) is 12.3 Å². The summed E-state index contributed by atoms with van der Waals surface area (Å²) in [6.07, 6.45) is 2.91. The Kier molecular flexibility index (Phi) is 5.60. The van der Waals surface area contributed by atoms with Gasteiger partial charge in [-0.2, -0.15) is 0 Å². The number of halogens is 1. The van der Waals surface area contributed by atoms with Gasteiger partial charge in [0.15, 0.2) is 5.78 Å². The minimum absolute atomic E-state index is 0.0955. The van der Waals surface area contributed by atoms with Gasteiger partial charge in [-0.05, 0) is 61.1 Å². The molecule has 2 heterocycles. The molecule has 0 bridgehead atoms. The molecule has 0 saturated heterocycles. The number of aryl methyl sites for hydroxylation is 1. The normalized spacial score (nSPS) is 20.3. The third kappa shape index (κ3) is 4.35. The van der Waals surface area contributed by atoms with Crippen LogP contribution in [0.2, 0.25) is 0 Å². The van der Waals surface area contributed by atoms with Crippen LogP contribution in [0.15, 0.2) is 69.6 Å². The molecular formula is C25H26BrN3O2. The van der Waals surface area contributed by atoms with Gasteiger partial charge in [0.2, 0.25) is 0 Å². The number of rotatable bonds is 3. The van der Waals surface area contributed by atoms with Crippen molar-refractivity contribution >= 4 is 33.4 Å². The molecule has 1 amide bonds. The lowest BCUT2D eigenvalue weighted by atomic mass is 9.68. The standard InChI is InChI=1S/C25H26BrN3O2/c1-14-9-10-27-20(11-14)29-24(31)21-15(2)28-18-12-25(3,4)13-19(30)23(18)22(21)16-5-7-17(26)8-6-16/h5-11,22,28H,12-13H2,1-4H3,(H,27,29,31). The van der Waals surface area contributed by atoms with Crippen molar-refractivity contribution in [1.29, 1.82) is 0 Å². The Labute approximate surface area is 191 Å². The summed E-state index contributed by atoms with van der Waals surface area (Å²) in [6, 6.07) is 11.6. The third-order valence-electron chi connectivity index (χ3n) is 5.84. The number of aromatic nitrogens is 1. The van der Waals surface area contributed by atoms with Crippen molar-refractivity contribution in [2.24, 2.45) is 5.41 Å². The van der Waals surface area contributed by atoms with Crippen LogP contribution in [0.3, 0.4) is 0 Å². The Bertz CT molecular complexity index is 1130. The molecule has 0 saturated carbocycles. The lowest BCUT2D eigenvalue weighted by molar-refractivity contribution is -0.118. The number of hydrogen-bond donors (Lipinski definition) is 2. The van der Waals surface area contributed by atoms with Crippen LogP contribution in [0.25, 0.3) is 0 Å². The Hall–Kier alpha value is -2.73. The fraction of sp³-hybridized carbons (Fsp3) is 0.320. The van der Waals surface area contributed by atoms with Crippen molar-refractivity contribution in [3.63, 3.8) is 0 Å². The van der Waals surface area contributed by atoms with E-state index in [9.17, 15) is 9.59 Å². The minimum atomic E-state index is -0.419. The highest BCUT2D eigenvalue weighted by atomic mass is 79.9. The molecule has 0 radical (unpaired) electrons. The molecule has 2 aliphatic rings. The SMILES string of the molecule is CC1=C(C(=O)Nc2cc(C)ccn2)C(c2ccc(Br)cc2)C2=C(CC(C)(C)CC2=O)N1. The Morgan fingerprint density at radius 1 is 1.16 bits per heavy atom. The highest BCUT2D eigenvalue weighted by molar-refractivity contribution is 9.10. The summed E-state index contributed by atoms with van der Waals surface area (Å²) < 4.78 is 0.950. The molecule has 160 valence electrons. The van der Waals surface area contributed by atoms with Gasteiger partial charge in [-0.3, -0.25) is 9.59 Å². The van der Waals surface area contributed by atoms with Crippen LogP contribution >= 0.6 is 15.9 Å². The van der Waals surface area contributed by atoms with E-state index in [2.05, 4.69) is 45.4 Å². The van der Waals surface area contributed by atoms with Gasteiger partial charge >= 0.3 is 0 Å². The number of carbonyl (C=O) groups excluding carboxylic acids is 2. The maximum absolute atomic E-state index is 13.5. The van der Waals surface area contributed by atoms with E-state index in [1.54, 1.807) is 6.20 Å². The number of allylic oxidation sites excluding steroid dienone is 3. The Balaban J connectivity index is 1.80. The van der Waals surface area contributed by atoms with E-state index < -0.39 is 5.92 Å². The smallest absolute Gasteiger partial charge is 0.255 e. The number of nitrogens with zero attached hydrogens (tertiary/aromatic N) is 1. The highest BCUT2D eigenvalue weighted by Gasteiger charge is 2.42. The molecule has 1 aromatic heterocycles. The van der Waals surface area contributed by atoms with Gasteiger partial charge < -0.3 is 10.6 Å². The van der Waals surface area contributed by atoms with Crippen molar-refractivity contribution in [2.75, 3.05) is 5.32 Å². The molecule has 1 unspecified atom stereocenters. The number of pyridine rings is 1. The molecule has 0 fully saturated rings. The second kappa shape index (κ2) is 8.08. The number of hydrogen-bond acceptors (Lipinski definition) is 4. The maximum atomic E-state index is 13.5. The molecule has 2 N–H and O–H groups in total. The molecule has 1 atom stereocenters. The summed E-state index contributed by atoms with van der Waals surface area (Å²) >= 11 is 3.48. The van der Waals surface area contributed by atoms with E-state index in [0.717, 1.165) is 33.4 Å². The molecule has 1 aliphatic carbocycles. The second-order valence-corrected chi connectivity index (χ2v) is 10.1. The Morgan fingerprint density at radius 3 is 2.55 bits per heavy atom. The number of amides is 1. The first-order chi connectivity index (χ1) is 14.6. The van der Waals surface area contributed by atoms with E-state index in [1.807, 2.05) is 50.2 Å². The van der Waals surface area contributed by atoms with Gasteiger partial charge in [0, 0.05) is 45.5 Å². The van der Waals surface area contributed by atoms with Gasteiger partial charge in [0.05, 0.1) is 0 Å². The summed E-state index contributed by atoms with van der Waals surface area (Å²) in [5.41, 5.74) is 4.77. The maximum Gasteiger partial charge on any atom is 0.255 e. The van der Waals surface area contributed by atoms with Gasteiger partial charge in [-0.1, -0.05) is 41.9 Å². The molecule has 0 spiro atoms. The zero-order valence-electron chi connectivity index (χ0n) is 18.2. The van der Waals surface area contributed by atoms with Crippen molar-refractivity contribution < 1.29 is 9.59 Å². The fourth-order valence-electron chi connectivity index (χ4n) is 4.51. The lowest BCUT2D eigenvalue weighted by Gasteiger charge is -2.39. The summed E-state index contributed by atoms with van der Waals surface area (Å²) in [5.74, 6) is -0.0770. The first-order valence-electron chi connectivity index (χ1n) is 10.4. The molecule has 1 aliphatic heterocycles. The van der Waals surface area contributed by atoms with Crippen LogP contribution in [0.4, 0.5) is 5.82 Å². The summed E-state index contributed by atoms with van der Waals surface area (Å²) in [6.45, 7) is 8.07. The Morgan fingerprint density at radius 2 is 1.87 bits per heavy atom. The second-order valence-electron chi connectivity index (χ2n) is 9.15. The van der Waals surface area contributed by atoms with E-state index in [0.29, 0.717) is 23.4 Å². The van der Waals surface area contributed by atoms with Crippen molar-refractivity contribution in [1.82, 2.24) is 10.3 Å².